The second-order valence-corrected chi connectivity index (χ2v) is 12.8. The van der Waals surface area contributed by atoms with Crippen LogP contribution in [0.4, 0.5) is 30.5 Å². The second kappa shape index (κ2) is 12.4. The molecule has 1 aromatic heterocycles. The van der Waals surface area contributed by atoms with Gasteiger partial charge < -0.3 is 20.4 Å². The number of fused-ring (bicyclic) bond motifs is 1. The van der Waals surface area contributed by atoms with Crippen LogP contribution in [-0.2, 0) is 11.0 Å². The zero-order valence-electron chi connectivity index (χ0n) is 26.2. The third kappa shape index (κ3) is 6.55. The van der Waals surface area contributed by atoms with Gasteiger partial charge in [0.05, 0.1) is 27.9 Å². The first-order valence-corrected chi connectivity index (χ1v) is 15.6. The molecule has 6 rings (SSSR count). The lowest BCUT2D eigenvalue weighted by molar-refractivity contribution is -0.137. The predicted molar refractivity (Wildman–Crippen MR) is 174 cm³/mol. The maximum atomic E-state index is 13.6. The van der Waals surface area contributed by atoms with Gasteiger partial charge in [0, 0.05) is 36.8 Å². The van der Waals surface area contributed by atoms with Crippen LogP contribution in [0.5, 0.6) is 0 Å². The zero-order valence-corrected chi connectivity index (χ0v) is 26.2. The summed E-state index contributed by atoms with van der Waals surface area (Å²) in [5, 5.41) is 6.81. The SMILES string of the molecule is Cc1ccc(C(=O)Nc2cc(C(F)(F)F)ccc2N2CC(C)(C)C2=O)cc1-c1ccc2nc(NCCN3CCCCC3)ncc2c1. The molecule has 0 bridgehead atoms. The van der Waals surface area contributed by atoms with Crippen LogP contribution in [0.2, 0.25) is 0 Å². The number of benzene rings is 3. The van der Waals surface area contributed by atoms with E-state index in [-0.39, 0.29) is 22.8 Å². The number of alkyl halides is 3. The van der Waals surface area contributed by atoms with Gasteiger partial charge in [0.1, 0.15) is 0 Å². The minimum atomic E-state index is -4.61. The highest BCUT2D eigenvalue weighted by atomic mass is 19.4. The van der Waals surface area contributed by atoms with E-state index in [1.165, 1.54) is 30.2 Å². The number of hydrogen-bond donors (Lipinski definition) is 2. The third-order valence-electron chi connectivity index (χ3n) is 8.79. The van der Waals surface area contributed by atoms with Crippen LogP contribution in [0.15, 0.2) is 60.8 Å². The molecule has 0 aliphatic carbocycles. The molecule has 2 amide bonds. The molecule has 0 spiro atoms. The maximum absolute atomic E-state index is 13.6. The highest BCUT2D eigenvalue weighted by Gasteiger charge is 2.46. The summed E-state index contributed by atoms with van der Waals surface area (Å²) in [6.45, 7) is 9.79. The predicted octanol–water partition coefficient (Wildman–Crippen LogP) is 7.15. The first-order chi connectivity index (χ1) is 21.9. The number of nitrogens with zero attached hydrogens (tertiary/aromatic N) is 4. The van der Waals surface area contributed by atoms with Crippen molar-refractivity contribution in [2.75, 3.05) is 48.3 Å². The molecule has 0 unspecified atom stereocenters. The Morgan fingerprint density at radius 1 is 1.00 bits per heavy atom. The van der Waals surface area contributed by atoms with Crippen molar-refractivity contribution in [3.63, 3.8) is 0 Å². The molecule has 4 aromatic rings. The molecule has 2 N–H and O–H groups in total. The van der Waals surface area contributed by atoms with Crippen molar-refractivity contribution in [2.45, 2.75) is 46.2 Å². The van der Waals surface area contributed by atoms with Crippen LogP contribution in [-0.4, -0.2) is 59.4 Å². The molecule has 46 heavy (non-hydrogen) atoms. The fourth-order valence-electron chi connectivity index (χ4n) is 6.11. The van der Waals surface area contributed by atoms with E-state index in [4.69, 9.17) is 0 Å². The lowest BCUT2D eigenvalue weighted by Crippen LogP contribution is -2.58. The monoisotopic (exact) mass is 630 g/mol. The number of nitrogens with one attached hydrogen (secondary N) is 2. The van der Waals surface area contributed by atoms with Gasteiger partial charge in [-0.05, 0) is 106 Å². The van der Waals surface area contributed by atoms with Crippen LogP contribution in [0.3, 0.4) is 0 Å². The number of piperidine rings is 1. The van der Waals surface area contributed by atoms with Gasteiger partial charge in [-0.3, -0.25) is 9.59 Å². The van der Waals surface area contributed by atoms with Gasteiger partial charge in [-0.1, -0.05) is 18.6 Å². The number of hydrogen-bond acceptors (Lipinski definition) is 6. The Morgan fingerprint density at radius 2 is 1.78 bits per heavy atom. The molecule has 2 fully saturated rings. The molecule has 3 heterocycles. The molecule has 0 radical (unpaired) electrons. The highest BCUT2D eigenvalue weighted by Crippen LogP contribution is 2.41. The van der Waals surface area contributed by atoms with Crippen molar-refractivity contribution in [1.29, 1.82) is 0 Å². The molecule has 2 aliphatic rings. The van der Waals surface area contributed by atoms with Crippen molar-refractivity contribution in [1.82, 2.24) is 14.9 Å². The zero-order chi connectivity index (χ0) is 32.6. The topological polar surface area (TPSA) is 90.5 Å². The van der Waals surface area contributed by atoms with Crippen LogP contribution in [0.25, 0.3) is 22.0 Å². The van der Waals surface area contributed by atoms with E-state index in [1.807, 2.05) is 25.1 Å². The van der Waals surface area contributed by atoms with E-state index in [1.54, 1.807) is 38.2 Å². The molecular weight excluding hydrogens is 593 g/mol. The molecule has 3 aromatic carbocycles. The first-order valence-electron chi connectivity index (χ1n) is 15.6. The van der Waals surface area contributed by atoms with Gasteiger partial charge in [0.2, 0.25) is 11.9 Å². The summed E-state index contributed by atoms with van der Waals surface area (Å²) >= 11 is 0. The molecular formula is C35H37F3N6O2. The fourth-order valence-corrected chi connectivity index (χ4v) is 6.11. The van der Waals surface area contributed by atoms with Crippen LogP contribution < -0.4 is 15.5 Å². The van der Waals surface area contributed by atoms with Crippen LogP contribution in [0.1, 0.15) is 54.6 Å². The second-order valence-electron chi connectivity index (χ2n) is 12.8. The average molecular weight is 631 g/mol. The minimum absolute atomic E-state index is 0.0750. The maximum Gasteiger partial charge on any atom is 0.416 e. The van der Waals surface area contributed by atoms with E-state index in [0.29, 0.717) is 12.5 Å². The lowest BCUT2D eigenvalue weighted by Gasteiger charge is -2.45. The standard InChI is InChI=1S/C35H37F3N6O2/c1-22-7-8-24(31(45)41-29-19-26(35(36,37)38)10-12-30(29)44-21-34(2,3)32(44)46)18-27(22)23-9-11-28-25(17-23)20-40-33(42-28)39-13-16-43-14-5-4-6-15-43/h7-12,17-20H,4-6,13-16,21H2,1-3H3,(H,41,45)(H,39,40,42). The van der Waals surface area contributed by atoms with E-state index in [2.05, 4.69) is 25.5 Å². The summed E-state index contributed by atoms with van der Waals surface area (Å²) in [6, 6.07) is 14.0. The van der Waals surface area contributed by atoms with E-state index in [9.17, 15) is 22.8 Å². The molecule has 11 heteroatoms. The Morgan fingerprint density at radius 3 is 2.50 bits per heavy atom. The van der Waals surface area contributed by atoms with Crippen molar-refractivity contribution >= 4 is 40.0 Å². The Hall–Kier alpha value is -4.51. The molecule has 0 atom stereocenters. The van der Waals surface area contributed by atoms with Gasteiger partial charge in [0.15, 0.2) is 0 Å². The Bertz CT molecular complexity index is 1800. The molecule has 8 nitrogen and oxygen atoms in total. The summed E-state index contributed by atoms with van der Waals surface area (Å²) in [4.78, 5) is 39.2. The molecule has 240 valence electrons. The van der Waals surface area contributed by atoms with Crippen LogP contribution in [0, 0.1) is 12.3 Å². The number of rotatable bonds is 8. The number of aromatic nitrogens is 2. The van der Waals surface area contributed by atoms with Gasteiger partial charge in [-0.25, -0.2) is 9.97 Å². The van der Waals surface area contributed by atoms with Crippen molar-refractivity contribution < 1.29 is 22.8 Å². The molecule has 2 saturated heterocycles. The smallest absolute Gasteiger partial charge is 0.353 e. The number of halogens is 3. The summed E-state index contributed by atoms with van der Waals surface area (Å²) in [6.07, 6.45) is 0.958. The number of anilines is 3. The Kier molecular flexibility index (Phi) is 8.45. The van der Waals surface area contributed by atoms with E-state index < -0.39 is 23.1 Å². The van der Waals surface area contributed by atoms with Gasteiger partial charge in [-0.2, -0.15) is 13.2 Å². The molecule has 2 aliphatic heterocycles. The van der Waals surface area contributed by atoms with Crippen molar-refractivity contribution in [2.24, 2.45) is 5.41 Å². The third-order valence-corrected chi connectivity index (χ3v) is 8.79. The first kappa shape index (κ1) is 31.5. The van der Waals surface area contributed by atoms with E-state index in [0.717, 1.165) is 65.9 Å². The minimum Gasteiger partial charge on any atom is -0.353 e. The number of β-lactam (4-membered cyclic amide) rings is 1. The van der Waals surface area contributed by atoms with Crippen molar-refractivity contribution in [3.05, 3.63) is 77.5 Å². The Labute approximate surface area is 266 Å². The lowest BCUT2D eigenvalue weighted by atomic mass is 9.82. The summed E-state index contributed by atoms with van der Waals surface area (Å²) in [5.74, 6) is -0.232. The Balaban J connectivity index is 1.21. The summed E-state index contributed by atoms with van der Waals surface area (Å²) < 4.78 is 40.8. The number of likely N-dealkylation sites (tertiary alicyclic amines) is 1. The number of aryl methyl sites for hydroxylation is 1. The highest BCUT2D eigenvalue weighted by molar-refractivity contribution is 6.11. The summed E-state index contributed by atoms with van der Waals surface area (Å²) in [7, 11) is 0. The van der Waals surface area contributed by atoms with Gasteiger partial charge in [-0.15, -0.1) is 0 Å². The fraction of sp³-hybridized carbons (Fsp3) is 0.371. The average Bonchev–Trinajstić information content (AvgIpc) is 3.03. The molecule has 0 saturated carbocycles. The van der Waals surface area contributed by atoms with Crippen molar-refractivity contribution in [3.8, 4) is 11.1 Å². The van der Waals surface area contributed by atoms with Gasteiger partial charge >= 0.3 is 6.18 Å². The number of carbonyl (C=O) groups is 2. The quantitative estimate of drug-likeness (QED) is 0.201. The van der Waals surface area contributed by atoms with E-state index >= 15 is 0 Å². The number of carbonyl (C=O) groups excluding carboxylic acids is 2. The number of amides is 2. The largest absolute Gasteiger partial charge is 0.416 e. The summed E-state index contributed by atoms with van der Waals surface area (Å²) in [5.41, 5.74) is 2.23. The van der Waals surface area contributed by atoms with Gasteiger partial charge in [0.25, 0.3) is 5.91 Å². The normalized spacial score (nSPS) is 16.7. The van der Waals surface area contributed by atoms with Crippen LogP contribution >= 0.6 is 0 Å².